The van der Waals surface area contributed by atoms with Gasteiger partial charge in [-0.15, -0.1) is 0 Å². The third-order valence-electron chi connectivity index (χ3n) is 4.12. The third kappa shape index (κ3) is 3.30. The number of carbonyl (C=O) groups is 1. The first-order valence-electron chi connectivity index (χ1n) is 7.91. The van der Waals surface area contributed by atoms with Crippen molar-refractivity contribution in [3.8, 4) is 5.75 Å². The number of rotatable bonds is 3. The number of aromatic hydroxyl groups is 1. The number of amides is 1. The van der Waals surface area contributed by atoms with E-state index in [2.05, 4.69) is 10.3 Å². The van der Waals surface area contributed by atoms with Crippen molar-refractivity contribution in [1.29, 1.82) is 0 Å². The second-order valence-electron chi connectivity index (χ2n) is 6.37. The molecule has 26 heavy (non-hydrogen) atoms. The van der Waals surface area contributed by atoms with Crippen molar-refractivity contribution in [3.05, 3.63) is 56.5 Å². The number of hydrogen-bond acceptors (Lipinski definition) is 5. The van der Waals surface area contributed by atoms with E-state index in [1.54, 1.807) is 13.8 Å². The second-order valence-corrected chi connectivity index (χ2v) is 6.77. The van der Waals surface area contributed by atoms with Crippen molar-refractivity contribution < 1.29 is 19.0 Å². The average molecular weight is 382 g/mol. The average Bonchev–Trinajstić information content (AvgIpc) is 2.58. The summed E-state index contributed by atoms with van der Waals surface area (Å²) < 4.78 is 20.2. The largest absolute Gasteiger partial charge is 0.501 e. The molecule has 0 saturated heterocycles. The molecule has 1 aliphatic rings. The van der Waals surface area contributed by atoms with Crippen molar-refractivity contribution in [3.63, 3.8) is 0 Å². The maximum atomic E-state index is 13.3. The molecular weight excluding hydrogens is 365 g/mol. The number of carbonyl (C=O) groups excluding carboxylic acids is 1. The van der Waals surface area contributed by atoms with E-state index in [1.165, 1.54) is 22.8 Å². The van der Waals surface area contributed by atoms with E-state index >= 15 is 0 Å². The lowest BCUT2D eigenvalue weighted by molar-refractivity contribution is -0.0566. The molecule has 138 valence electrons. The minimum absolute atomic E-state index is 0.0884. The van der Waals surface area contributed by atoms with Crippen LogP contribution in [-0.4, -0.2) is 27.2 Å². The Kier molecular flexibility index (Phi) is 4.72. The van der Waals surface area contributed by atoms with E-state index in [0.717, 1.165) is 0 Å². The van der Waals surface area contributed by atoms with Crippen molar-refractivity contribution >= 4 is 17.5 Å². The summed E-state index contributed by atoms with van der Waals surface area (Å²) >= 11 is 5.96. The molecule has 0 radical (unpaired) electrons. The van der Waals surface area contributed by atoms with Gasteiger partial charge in [-0.3, -0.25) is 14.2 Å². The lowest BCUT2D eigenvalue weighted by Crippen LogP contribution is -2.42. The van der Waals surface area contributed by atoms with Gasteiger partial charge in [-0.2, -0.15) is 0 Å². The summed E-state index contributed by atoms with van der Waals surface area (Å²) in [6, 6.07) is 3.77. The van der Waals surface area contributed by atoms with Gasteiger partial charge in [0.1, 0.15) is 17.2 Å². The van der Waals surface area contributed by atoms with Crippen LogP contribution in [0.2, 0.25) is 5.02 Å². The Balaban J connectivity index is 1.91. The zero-order chi connectivity index (χ0) is 19.1. The molecule has 2 N–H and O–H groups in total. The predicted molar refractivity (Wildman–Crippen MR) is 91.7 cm³/mol. The van der Waals surface area contributed by atoms with Crippen molar-refractivity contribution in [2.45, 2.75) is 32.5 Å². The van der Waals surface area contributed by atoms with Gasteiger partial charge in [0.15, 0.2) is 5.69 Å². The smallest absolute Gasteiger partial charge is 0.296 e. The van der Waals surface area contributed by atoms with Gasteiger partial charge in [0.25, 0.3) is 11.5 Å². The van der Waals surface area contributed by atoms with Crippen LogP contribution in [0, 0.1) is 5.82 Å². The number of benzene rings is 1. The van der Waals surface area contributed by atoms with E-state index in [-0.39, 0.29) is 23.9 Å². The summed E-state index contributed by atoms with van der Waals surface area (Å²) in [5, 5.41) is 12.9. The molecule has 9 heteroatoms. The lowest BCUT2D eigenvalue weighted by atomic mass is 10.1. The summed E-state index contributed by atoms with van der Waals surface area (Å²) in [5.41, 5.74) is -1.64. The first-order valence-corrected chi connectivity index (χ1v) is 8.29. The quantitative estimate of drug-likeness (QED) is 0.847. The van der Waals surface area contributed by atoms with Crippen LogP contribution in [-0.2, 0) is 23.4 Å². The van der Waals surface area contributed by atoms with E-state index < -0.39 is 34.3 Å². The number of aromatic nitrogens is 2. The molecule has 1 aliphatic heterocycles. The fraction of sp³-hybridized carbons (Fsp3) is 0.353. The minimum atomic E-state index is -0.883. The number of hydrogen-bond donors (Lipinski definition) is 2. The van der Waals surface area contributed by atoms with Gasteiger partial charge in [0, 0.05) is 11.6 Å². The summed E-state index contributed by atoms with van der Waals surface area (Å²) in [6.07, 6.45) is 0. The SMILES string of the molecule is CC1(C)OCCn2c1nc(C(=O)NCc1cc(F)ccc1Cl)c(O)c2=O. The van der Waals surface area contributed by atoms with E-state index in [9.17, 15) is 19.1 Å². The number of ether oxygens (including phenoxy) is 1. The van der Waals surface area contributed by atoms with E-state index in [1.807, 2.05) is 0 Å². The van der Waals surface area contributed by atoms with E-state index in [4.69, 9.17) is 16.3 Å². The molecule has 2 aromatic rings. The van der Waals surface area contributed by atoms with Crippen molar-refractivity contribution in [2.75, 3.05) is 6.61 Å². The highest BCUT2D eigenvalue weighted by molar-refractivity contribution is 6.31. The zero-order valence-corrected chi connectivity index (χ0v) is 14.9. The molecule has 3 rings (SSSR count). The summed E-state index contributed by atoms with van der Waals surface area (Å²) in [5.74, 6) is -1.76. The van der Waals surface area contributed by atoms with Gasteiger partial charge in [-0.05, 0) is 37.6 Å². The van der Waals surface area contributed by atoms with Crippen LogP contribution >= 0.6 is 11.6 Å². The second kappa shape index (κ2) is 6.69. The normalized spacial score (nSPS) is 15.4. The third-order valence-corrected chi connectivity index (χ3v) is 4.49. The molecule has 1 aromatic carbocycles. The Morgan fingerprint density at radius 2 is 2.23 bits per heavy atom. The van der Waals surface area contributed by atoms with Gasteiger partial charge in [0.05, 0.1) is 13.2 Å². The molecule has 7 nitrogen and oxygen atoms in total. The highest BCUT2D eigenvalue weighted by Crippen LogP contribution is 2.27. The Bertz CT molecular complexity index is 942. The minimum Gasteiger partial charge on any atom is -0.501 e. The number of nitrogens with one attached hydrogen (secondary N) is 1. The fourth-order valence-corrected chi connectivity index (χ4v) is 2.95. The van der Waals surface area contributed by atoms with Crippen LogP contribution < -0.4 is 10.9 Å². The van der Waals surface area contributed by atoms with Crippen LogP contribution in [0.15, 0.2) is 23.0 Å². The van der Waals surface area contributed by atoms with Crippen LogP contribution in [0.4, 0.5) is 4.39 Å². The molecule has 0 saturated carbocycles. The van der Waals surface area contributed by atoms with Gasteiger partial charge < -0.3 is 15.2 Å². The molecule has 0 aliphatic carbocycles. The van der Waals surface area contributed by atoms with Crippen LogP contribution in [0.25, 0.3) is 0 Å². The number of nitrogens with zero attached hydrogens (tertiary/aromatic N) is 2. The monoisotopic (exact) mass is 381 g/mol. The van der Waals surface area contributed by atoms with Crippen LogP contribution in [0.5, 0.6) is 5.75 Å². The molecule has 0 bridgehead atoms. The Morgan fingerprint density at radius 3 is 2.96 bits per heavy atom. The molecular formula is C17H17ClFN3O4. The van der Waals surface area contributed by atoms with E-state index in [0.29, 0.717) is 12.2 Å². The Labute approximate surface area is 153 Å². The maximum absolute atomic E-state index is 13.3. The van der Waals surface area contributed by atoms with Gasteiger partial charge in [0.2, 0.25) is 5.75 Å². The Morgan fingerprint density at radius 1 is 1.50 bits per heavy atom. The molecule has 1 amide bonds. The zero-order valence-electron chi connectivity index (χ0n) is 14.2. The van der Waals surface area contributed by atoms with Crippen LogP contribution in [0.1, 0.15) is 35.7 Å². The summed E-state index contributed by atoms with van der Waals surface area (Å²) in [6.45, 7) is 3.88. The first-order chi connectivity index (χ1) is 12.2. The van der Waals surface area contributed by atoms with Gasteiger partial charge >= 0.3 is 0 Å². The fourth-order valence-electron chi connectivity index (χ4n) is 2.76. The van der Waals surface area contributed by atoms with Crippen molar-refractivity contribution in [2.24, 2.45) is 0 Å². The van der Waals surface area contributed by atoms with Gasteiger partial charge in [-0.25, -0.2) is 9.37 Å². The van der Waals surface area contributed by atoms with Crippen molar-refractivity contribution in [1.82, 2.24) is 14.9 Å². The highest BCUT2D eigenvalue weighted by atomic mass is 35.5. The molecule has 0 fully saturated rings. The first kappa shape index (κ1) is 18.3. The molecule has 0 unspecified atom stereocenters. The Hall–Kier alpha value is -2.45. The number of fused-ring (bicyclic) bond motifs is 1. The predicted octanol–water partition coefficient (Wildman–Crippen LogP) is 1.94. The van der Waals surface area contributed by atoms with Crippen LogP contribution in [0.3, 0.4) is 0 Å². The highest BCUT2D eigenvalue weighted by Gasteiger charge is 2.34. The summed E-state index contributed by atoms with van der Waals surface area (Å²) in [4.78, 5) is 28.9. The van der Waals surface area contributed by atoms with Gasteiger partial charge in [-0.1, -0.05) is 11.6 Å². The standard InChI is InChI=1S/C17H17ClFN3O4/c1-17(2)16-21-12(13(23)15(25)22(16)5-6-26-17)14(24)20-8-9-7-10(19)3-4-11(9)18/h3-4,7,23H,5-6,8H2,1-2H3,(H,20,24). The topological polar surface area (TPSA) is 93.5 Å². The maximum Gasteiger partial charge on any atom is 0.296 e. The lowest BCUT2D eigenvalue weighted by Gasteiger charge is -2.32. The summed E-state index contributed by atoms with van der Waals surface area (Å²) in [7, 11) is 0. The molecule has 0 spiro atoms. The molecule has 1 aromatic heterocycles. The molecule has 0 atom stereocenters. The number of halogens is 2. The molecule has 2 heterocycles.